The summed E-state index contributed by atoms with van der Waals surface area (Å²) in [6.45, 7) is 6.87. The maximum Gasteiger partial charge on any atom is 0.133 e. The number of hydrogen-bond donors (Lipinski definition) is 1. The number of rotatable bonds is 4. The molecule has 0 saturated heterocycles. The van der Waals surface area contributed by atoms with Gasteiger partial charge < -0.3 is 10.1 Å². The van der Waals surface area contributed by atoms with Crippen LogP contribution in [0.1, 0.15) is 58.1 Å². The molecule has 112 valence electrons. The highest BCUT2D eigenvalue weighted by atomic mass is 79.9. The van der Waals surface area contributed by atoms with Gasteiger partial charge in [0.15, 0.2) is 0 Å². The average molecular weight is 340 g/mol. The van der Waals surface area contributed by atoms with Crippen molar-refractivity contribution in [2.45, 2.75) is 58.6 Å². The molecule has 1 aliphatic rings. The van der Waals surface area contributed by atoms with Crippen molar-refractivity contribution in [3.05, 3.63) is 28.2 Å². The zero-order valence-corrected chi connectivity index (χ0v) is 14.6. The first-order valence-electron chi connectivity index (χ1n) is 7.55. The molecule has 0 spiro atoms. The summed E-state index contributed by atoms with van der Waals surface area (Å²) in [7, 11) is 1.98. The molecule has 0 radical (unpaired) electrons. The second-order valence-corrected chi connectivity index (χ2v) is 7.54. The lowest BCUT2D eigenvalue weighted by Crippen LogP contribution is -2.28. The maximum absolute atomic E-state index is 6.18. The molecule has 1 aliphatic carbocycles. The van der Waals surface area contributed by atoms with E-state index in [1.165, 1.54) is 18.4 Å². The first kappa shape index (κ1) is 15.8. The third kappa shape index (κ3) is 3.98. The summed E-state index contributed by atoms with van der Waals surface area (Å²) < 4.78 is 7.24. The van der Waals surface area contributed by atoms with Crippen molar-refractivity contribution in [3.8, 4) is 5.75 Å². The van der Waals surface area contributed by atoms with Crippen molar-refractivity contribution in [2.24, 2.45) is 5.41 Å². The Morgan fingerprint density at radius 3 is 2.50 bits per heavy atom. The van der Waals surface area contributed by atoms with Crippen LogP contribution in [0.15, 0.2) is 22.7 Å². The first-order valence-corrected chi connectivity index (χ1v) is 8.34. The highest BCUT2D eigenvalue weighted by Gasteiger charge is 2.28. The Morgan fingerprint density at radius 2 is 1.95 bits per heavy atom. The van der Waals surface area contributed by atoms with E-state index in [0.29, 0.717) is 17.6 Å². The summed E-state index contributed by atoms with van der Waals surface area (Å²) in [5.74, 6) is 0.974. The van der Waals surface area contributed by atoms with E-state index in [1.54, 1.807) is 0 Å². The van der Waals surface area contributed by atoms with E-state index < -0.39 is 0 Å². The second-order valence-electron chi connectivity index (χ2n) is 6.68. The molecule has 0 amide bonds. The number of nitrogens with one attached hydrogen (secondary N) is 1. The van der Waals surface area contributed by atoms with E-state index in [9.17, 15) is 0 Å². The molecule has 1 fully saturated rings. The van der Waals surface area contributed by atoms with Crippen molar-refractivity contribution >= 4 is 15.9 Å². The van der Waals surface area contributed by atoms with Crippen LogP contribution in [0.2, 0.25) is 0 Å². The molecule has 0 aromatic heterocycles. The van der Waals surface area contributed by atoms with Gasteiger partial charge in [0.25, 0.3) is 0 Å². The summed E-state index contributed by atoms with van der Waals surface area (Å²) in [5, 5.41) is 3.26. The molecule has 1 unspecified atom stereocenters. The van der Waals surface area contributed by atoms with Gasteiger partial charge in [-0.15, -0.1) is 0 Å². The fourth-order valence-corrected chi connectivity index (χ4v) is 3.21. The summed E-state index contributed by atoms with van der Waals surface area (Å²) in [6.07, 6.45) is 5.20. The summed E-state index contributed by atoms with van der Waals surface area (Å²) in [5.41, 5.74) is 1.76. The van der Waals surface area contributed by atoms with Crippen LogP contribution in [-0.4, -0.2) is 13.2 Å². The van der Waals surface area contributed by atoms with Crippen LogP contribution in [0.3, 0.4) is 0 Å². The van der Waals surface area contributed by atoms with Crippen LogP contribution >= 0.6 is 15.9 Å². The highest BCUT2D eigenvalue weighted by Crippen LogP contribution is 2.38. The van der Waals surface area contributed by atoms with Crippen LogP contribution < -0.4 is 10.1 Å². The Hall–Kier alpha value is -0.540. The normalized spacial score (nSPS) is 20.6. The standard InChI is InChI=1S/C17H26BrNO/c1-12(19-4)13-5-6-16(15(18)11-13)20-14-7-9-17(2,3)10-8-14/h5-6,11-12,14,19H,7-10H2,1-4H3. The van der Waals surface area contributed by atoms with Gasteiger partial charge in [-0.1, -0.05) is 19.9 Å². The van der Waals surface area contributed by atoms with Gasteiger partial charge in [-0.2, -0.15) is 0 Å². The van der Waals surface area contributed by atoms with Gasteiger partial charge in [0.05, 0.1) is 10.6 Å². The quantitative estimate of drug-likeness (QED) is 0.825. The van der Waals surface area contributed by atoms with Gasteiger partial charge in [-0.25, -0.2) is 0 Å². The molecule has 3 heteroatoms. The predicted molar refractivity (Wildman–Crippen MR) is 88.3 cm³/mol. The van der Waals surface area contributed by atoms with E-state index in [-0.39, 0.29) is 0 Å². The summed E-state index contributed by atoms with van der Waals surface area (Å²) in [6, 6.07) is 6.75. The van der Waals surface area contributed by atoms with Gasteiger partial charge in [-0.3, -0.25) is 0 Å². The molecule has 0 aliphatic heterocycles. The zero-order chi connectivity index (χ0) is 14.8. The lowest BCUT2D eigenvalue weighted by Gasteiger charge is -2.34. The summed E-state index contributed by atoms with van der Waals surface area (Å²) >= 11 is 3.64. The Labute approximate surface area is 131 Å². The Bertz CT molecular complexity index is 448. The SMILES string of the molecule is CNC(C)c1ccc(OC2CCC(C)(C)CC2)c(Br)c1. The molecule has 1 aromatic rings. The van der Waals surface area contributed by atoms with Crippen LogP contribution in [0.5, 0.6) is 5.75 Å². The van der Waals surface area contributed by atoms with E-state index in [2.05, 4.69) is 60.2 Å². The first-order chi connectivity index (χ1) is 9.41. The minimum Gasteiger partial charge on any atom is -0.489 e. The molecule has 2 rings (SSSR count). The Balaban J connectivity index is 2.00. The number of benzene rings is 1. The molecule has 2 nitrogen and oxygen atoms in total. The molecule has 20 heavy (non-hydrogen) atoms. The Morgan fingerprint density at radius 1 is 1.30 bits per heavy atom. The minimum atomic E-state index is 0.357. The molecule has 0 heterocycles. The fraction of sp³-hybridized carbons (Fsp3) is 0.647. The van der Waals surface area contributed by atoms with Crippen molar-refractivity contribution < 1.29 is 4.74 Å². The van der Waals surface area contributed by atoms with E-state index in [0.717, 1.165) is 23.1 Å². The molecular weight excluding hydrogens is 314 g/mol. The molecule has 1 N–H and O–H groups in total. The third-order valence-electron chi connectivity index (χ3n) is 4.47. The zero-order valence-electron chi connectivity index (χ0n) is 13.0. The van der Waals surface area contributed by atoms with Crippen LogP contribution in [0, 0.1) is 5.41 Å². The summed E-state index contributed by atoms with van der Waals surface area (Å²) in [4.78, 5) is 0. The van der Waals surface area contributed by atoms with E-state index >= 15 is 0 Å². The largest absolute Gasteiger partial charge is 0.489 e. The second kappa shape index (κ2) is 6.48. The number of ether oxygens (including phenoxy) is 1. The number of hydrogen-bond acceptors (Lipinski definition) is 2. The maximum atomic E-state index is 6.18. The lowest BCUT2D eigenvalue weighted by atomic mass is 9.76. The molecule has 0 bridgehead atoms. The molecular formula is C17H26BrNO. The van der Waals surface area contributed by atoms with Gasteiger partial charge in [0.1, 0.15) is 5.75 Å². The van der Waals surface area contributed by atoms with Crippen molar-refractivity contribution in [2.75, 3.05) is 7.05 Å². The van der Waals surface area contributed by atoms with Crippen molar-refractivity contribution in [1.29, 1.82) is 0 Å². The van der Waals surface area contributed by atoms with Crippen LogP contribution in [0.25, 0.3) is 0 Å². The van der Waals surface area contributed by atoms with Gasteiger partial charge in [0, 0.05) is 6.04 Å². The molecule has 1 atom stereocenters. The van der Waals surface area contributed by atoms with Crippen LogP contribution in [-0.2, 0) is 0 Å². The van der Waals surface area contributed by atoms with Crippen LogP contribution in [0.4, 0.5) is 0 Å². The highest BCUT2D eigenvalue weighted by molar-refractivity contribution is 9.10. The van der Waals surface area contributed by atoms with E-state index in [1.807, 2.05) is 7.05 Å². The van der Waals surface area contributed by atoms with E-state index in [4.69, 9.17) is 4.74 Å². The van der Waals surface area contributed by atoms with Gasteiger partial charge >= 0.3 is 0 Å². The van der Waals surface area contributed by atoms with Crippen molar-refractivity contribution in [1.82, 2.24) is 5.32 Å². The average Bonchev–Trinajstić information content (AvgIpc) is 2.42. The van der Waals surface area contributed by atoms with Gasteiger partial charge in [0.2, 0.25) is 0 Å². The topological polar surface area (TPSA) is 21.3 Å². The van der Waals surface area contributed by atoms with Crippen molar-refractivity contribution in [3.63, 3.8) is 0 Å². The lowest BCUT2D eigenvalue weighted by molar-refractivity contribution is 0.0981. The molecule has 1 saturated carbocycles. The monoisotopic (exact) mass is 339 g/mol. The molecule has 1 aromatic carbocycles. The third-order valence-corrected chi connectivity index (χ3v) is 5.09. The fourth-order valence-electron chi connectivity index (χ4n) is 2.72. The predicted octanol–water partition coefficient (Wildman–Crippen LogP) is 5.08. The Kier molecular flexibility index (Phi) is 5.14. The van der Waals surface area contributed by atoms with Gasteiger partial charge in [-0.05, 0) is 78.7 Å². The smallest absolute Gasteiger partial charge is 0.133 e. The number of halogens is 1. The minimum absolute atomic E-state index is 0.357.